The molecule has 84 valence electrons. The first-order valence-corrected chi connectivity index (χ1v) is 6.07. The lowest BCUT2D eigenvalue weighted by molar-refractivity contribution is 0.315. The molecule has 1 aromatic carbocycles. The summed E-state index contributed by atoms with van der Waals surface area (Å²) in [4.78, 5) is 0. The summed E-state index contributed by atoms with van der Waals surface area (Å²) < 4.78 is 6.61. The van der Waals surface area contributed by atoms with Crippen LogP contribution in [0.15, 0.2) is 22.7 Å². The molecule has 3 heteroatoms. The van der Waals surface area contributed by atoms with Crippen molar-refractivity contribution in [3.63, 3.8) is 0 Å². The molecule has 0 radical (unpaired) electrons. The van der Waals surface area contributed by atoms with Crippen molar-refractivity contribution in [2.24, 2.45) is 0 Å². The summed E-state index contributed by atoms with van der Waals surface area (Å²) in [6.45, 7) is 5.00. The summed E-state index contributed by atoms with van der Waals surface area (Å²) in [6, 6.07) is 6.58. The first kappa shape index (κ1) is 12.5. The van der Waals surface area contributed by atoms with Crippen LogP contribution in [0.25, 0.3) is 0 Å². The van der Waals surface area contributed by atoms with Crippen molar-refractivity contribution < 1.29 is 4.74 Å². The van der Waals surface area contributed by atoms with Crippen molar-refractivity contribution >= 4 is 15.9 Å². The Hall–Kier alpha value is -0.540. The van der Waals surface area contributed by atoms with E-state index in [2.05, 4.69) is 47.2 Å². The molecule has 0 fully saturated rings. The number of halogens is 1. The minimum atomic E-state index is 0.363. The van der Waals surface area contributed by atoms with Gasteiger partial charge in [-0.05, 0) is 54.0 Å². The number of benzene rings is 1. The van der Waals surface area contributed by atoms with E-state index in [9.17, 15) is 0 Å². The van der Waals surface area contributed by atoms with E-state index in [1.165, 1.54) is 5.56 Å². The first-order chi connectivity index (χ1) is 7.19. The normalized spacial score (nSPS) is 12.5. The second-order valence-corrected chi connectivity index (χ2v) is 4.40. The molecule has 0 aliphatic carbocycles. The number of hydrogen-bond donors (Lipinski definition) is 1. The highest BCUT2D eigenvalue weighted by molar-refractivity contribution is 9.10. The van der Waals surface area contributed by atoms with E-state index < -0.39 is 0 Å². The van der Waals surface area contributed by atoms with Gasteiger partial charge in [0.2, 0.25) is 0 Å². The standard InChI is InChI=1S/C12H18BrNO/c1-4-7-15-12-6-5-10(8-11(12)13)9(2)14-3/h5-6,8-9,14H,4,7H2,1-3H3. The molecule has 1 N–H and O–H groups in total. The van der Waals surface area contributed by atoms with E-state index in [0.29, 0.717) is 6.04 Å². The average Bonchev–Trinajstić information content (AvgIpc) is 2.26. The summed E-state index contributed by atoms with van der Waals surface area (Å²) in [5, 5.41) is 3.21. The van der Waals surface area contributed by atoms with Gasteiger partial charge < -0.3 is 10.1 Å². The van der Waals surface area contributed by atoms with Crippen molar-refractivity contribution in [3.8, 4) is 5.75 Å². The molecule has 15 heavy (non-hydrogen) atoms. The van der Waals surface area contributed by atoms with Crippen LogP contribution in [0.4, 0.5) is 0 Å². The maximum atomic E-state index is 5.59. The third-order valence-electron chi connectivity index (χ3n) is 2.35. The van der Waals surface area contributed by atoms with E-state index in [-0.39, 0.29) is 0 Å². The van der Waals surface area contributed by atoms with Gasteiger partial charge in [-0.25, -0.2) is 0 Å². The molecular weight excluding hydrogens is 254 g/mol. The Morgan fingerprint density at radius 3 is 2.73 bits per heavy atom. The lowest BCUT2D eigenvalue weighted by Crippen LogP contribution is -2.12. The van der Waals surface area contributed by atoms with Crippen LogP contribution >= 0.6 is 15.9 Å². The van der Waals surface area contributed by atoms with Gasteiger partial charge in [-0.1, -0.05) is 13.0 Å². The molecule has 0 aromatic heterocycles. The fourth-order valence-corrected chi connectivity index (χ4v) is 1.79. The number of rotatable bonds is 5. The van der Waals surface area contributed by atoms with Gasteiger partial charge in [0.15, 0.2) is 0 Å². The fraction of sp³-hybridized carbons (Fsp3) is 0.500. The highest BCUT2D eigenvalue weighted by Gasteiger charge is 2.06. The van der Waals surface area contributed by atoms with Gasteiger partial charge in [0.05, 0.1) is 11.1 Å². The largest absolute Gasteiger partial charge is 0.492 e. The summed E-state index contributed by atoms with van der Waals surface area (Å²) in [7, 11) is 1.96. The second kappa shape index (κ2) is 6.13. The van der Waals surface area contributed by atoms with E-state index in [1.54, 1.807) is 0 Å². The van der Waals surface area contributed by atoms with Gasteiger partial charge in [0.25, 0.3) is 0 Å². The Morgan fingerprint density at radius 1 is 1.47 bits per heavy atom. The van der Waals surface area contributed by atoms with Crippen LogP contribution in [0, 0.1) is 0 Å². The van der Waals surface area contributed by atoms with Gasteiger partial charge >= 0.3 is 0 Å². The average molecular weight is 272 g/mol. The van der Waals surface area contributed by atoms with Crippen molar-refractivity contribution in [2.45, 2.75) is 26.3 Å². The lowest BCUT2D eigenvalue weighted by atomic mass is 10.1. The zero-order chi connectivity index (χ0) is 11.3. The van der Waals surface area contributed by atoms with Crippen LogP contribution in [-0.2, 0) is 0 Å². The van der Waals surface area contributed by atoms with Gasteiger partial charge in [-0.15, -0.1) is 0 Å². The Balaban J connectivity index is 2.78. The Bertz CT molecular complexity index is 314. The maximum Gasteiger partial charge on any atom is 0.133 e. The molecule has 2 nitrogen and oxygen atoms in total. The molecule has 1 atom stereocenters. The fourth-order valence-electron chi connectivity index (χ4n) is 1.28. The van der Waals surface area contributed by atoms with Crippen LogP contribution in [0.5, 0.6) is 5.75 Å². The van der Waals surface area contributed by atoms with E-state index in [1.807, 2.05) is 13.1 Å². The molecule has 0 heterocycles. The SMILES string of the molecule is CCCOc1ccc(C(C)NC)cc1Br. The van der Waals surface area contributed by atoms with Gasteiger partial charge in [0, 0.05) is 6.04 Å². The molecule has 0 saturated carbocycles. The summed E-state index contributed by atoms with van der Waals surface area (Å²) in [6.07, 6.45) is 1.03. The first-order valence-electron chi connectivity index (χ1n) is 5.28. The third-order valence-corrected chi connectivity index (χ3v) is 2.97. The molecule has 1 aromatic rings. The van der Waals surface area contributed by atoms with Crippen LogP contribution in [0.3, 0.4) is 0 Å². The van der Waals surface area contributed by atoms with E-state index >= 15 is 0 Å². The molecular formula is C12H18BrNO. The smallest absolute Gasteiger partial charge is 0.133 e. The monoisotopic (exact) mass is 271 g/mol. The predicted octanol–water partition coefficient (Wildman–Crippen LogP) is 3.52. The highest BCUT2D eigenvalue weighted by Crippen LogP contribution is 2.28. The van der Waals surface area contributed by atoms with Crippen LogP contribution in [0.1, 0.15) is 31.9 Å². The van der Waals surface area contributed by atoms with E-state index in [0.717, 1.165) is 23.2 Å². The molecule has 0 bridgehead atoms. The summed E-state index contributed by atoms with van der Waals surface area (Å²) in [5.74, 6) is 0.920. The Morgan fingerprint density at radius 2 is 2.20 bits per heavy atom. The minimum absolute atomic E-state index is 0.363. The summed E-state index contributed by atoms with van der Waals surface area (Å²) in [5.41, 5.74) is 1.26. The number of hydrogen-bond acceptors (Lipinski definition) is 2. The van der Waals surface area contributed by atoms with Crippen LogP contribution in [0.2, 0.25) is 0 Å². The van der Waals surface area contributed by atoms with Gasteiger partial charge in [-0.2, -0.15) is 0 Å². The molecule has 1 unspecified atom stereocenters. The molecule has 0 spiro atoms. The highest BCUT2D eigenvalue weighted by atomic mass is 79.9. The van der Waals surface area contributed by atoms with Crippen LogP contribution < -0.4 is 10.1 Å². The zero-order valence-electron chi connectivity index (χ0n) is 9.51. The molecule has 0 amide bonds. The molecule has 0 aliphatic heterocycles. The van der Waals surface area contributed by atoms with Crippen molar-refractivity contribution in [1.29, 1.82) is 0 Å². The zero-order valence-corrected chi connectivity index (χ0v) is 11.1. The predicted molar refractivity (Wildman–Crippen MR) is 67.4 cm³/mol. The third kappa shape index (κ3) is 3.50. The minimum Gasteiger partial charge on any atom is -0.492 e. The molecule has 1 rings (SSSR count). The second-order valence-electron chi connectivity index (χ2n) is 3.55. The Kier molecular flexibility index (Phi) is 5.12. The summed E-state index contributed by atoms with van der Waals surface area (Å²) >= 11 is 3.52. The van der Waals surface area contributed by atoms with Gasteiger partial charge in [0.1, 0.15) is 5.75 Å². The van der Waals surface area contributed by atoms with Gasteiger partial charge in [-0.3, -0.25) is 0 Å². The topological polar surface area (TPSA) is 21.3 Å². The molecule has 0 aliphatic rings. The van der Waals surface area contributed by atoms with Crippen LogP contribution in [-0.4, -0.2) is 13.7 Å². The maximum absolute atomic E-state index is 5.59. The quantitative estimate of drug-likeness (QED) is 0.885. The lowest BCUT2D eigenvalue weighted by Gasteiger charge is -2.13. The van der Waals surface area contributed by atoms with Crippen molar-refractivity contribution in [3.05, 3.63) is 28.2 Å². The molecule has 0 saturated heterocycles. The van der Waals surface area contributed by atoms with Crippen molar-refractivity contribution in [1.82, 2.24) is 5.32 Å². The Labute approximate surface area is 100 Å². The number of nitrogens with one attached hydrogen (secondary N) is 1. The van der Waals surface area contributed by atoms with Crippen molar-refractivity contribution in [2.75, 3.05) is 13.7 Å². The van der Waals surface area contributed by atoms with E-state index in [4.69, 9.17) is 4.74 Å². The number of ether oxygens (including phenoxy) is 1.